The fourth-order valence-electron chi connectivity index (χ4n) is 1.43. The van der Waals surface area contributed by atoms with Gasteiger partial charge in [-0.1, -0.05) is 0 Å². The second-order valence-electron chi connectivity index (χ2n) is 3.31. The molecule has 0 aliphatic carbocycles. The molecule has 1 amide bonds. The maximum Gasteiger partial charge on any atom is 0.250 e. The fourth-order valence-corrected chi connectivity index (χ4v) is 1.43. The molecule has 1 fully saturated rings. The summed E-state index contributed by atoms with van der Waals surface area (Å²) < 4.78 is 23.6. The molecule has 1 saturated heterocycles. The zero-order chi connectivity index (χ0) is 9.84. The molecule has 1 atom stereocenters. The summed E-state index contributed by atoms with van der Waals surface area (Å²) in [6.45, 7) is 0.248. The van der Waals surface area contributed by atoms with Crippen molar-refractivity contribution in [2.45, 2.75) is 25.3 Å². The van der Waals surface area contributed by atoms with E-state index < -0.39 is 6.43 Å². The van der Waals surface area contributed by atoms with Gasteiger partial charge in [0.15, 0.2) is 0 Å². The summed E-state index contributed by atoms with van der Waals surface area (Å²) in [4.78, 5) is 12.6. The number of likely N-dealkylation sites (N-methyl/N-ethyl adjacent to an activating group) is 1. The average Bonchev–Trinajstić information content (AvgIpc) is 2.07. The first kappa shape index (κ1) is 10.4. The highest BCUT2D eigenvalue weighted by molar-refractivity contribution is 5.76. The van der Waals surface area contributed by atoms with Crippen molar-refractivity contribution in [1.82, 2.24) is 10.2 Å². The molecule has 0 spiro atoms. The van der Waals surface area contributed by atoms with E-state index in [4.69, 9.17) is 0 Å². The minimum atomic E-state index is -2.32. The Morgan fingerprint density at radius 3 is 2.92 bits per heavy atom. The lowest BCUT2D eigenvalue weighted by Crippen LogP contribution is -2.47. The van der Waals surface area contributed by atoms with Crippen LogP contribution in [0.1, 0.15) is 12.8 Å². The second-order valence-corrected chi connectivity index (χ2v) is 3.31. The SMILES string of the molecule is CN1CC(NCC(F)F)CCC1=O. The normalized spacial score (nSPS) is 24.2. The molecule has 0 saturated carbocycles. The lowest BCUT2D eigenvalue weighted by molar-refractivity contribution is -0.132. The van der Waals surface area contributed by atoms with E-state index in [9.17, 15) is 13.6 Å². The van der Waals surface area contributed by atoms with E-state index in [1.54, 1.807) is 11.9 Å². The van der Waals surface area contributed by atoms with Crippen LogP contribution in [0.25, 0.3) is 0 Å². The van der Waals surface area contributed by atoms with Gasteiger partial charge in [-0.15, -0.1) is 0 Å². The van der Waals surface area contributed by atoms with Crippen LogP contribution in [-0.2, 0) is 4.79 Å². The lowest BCUT2D eigenvalue weighted by Gasteiger charge is -2.30. The van der Waals surface area contributed by atoms with Gasteiger partial charge in [-0.2, -0.15) is 0 Å². The highest BCUT2D eigenvalue weighted by atomic mass is 19.3. The molecule has 1 N–H and O–H groups in total. The van der Waals surface area contributed by atoms with Gasteiger partial charge in [0.05, 0.1) is 6.54 Å². The Labute approximate surface area is 76.1 Å². The van der Waals surface area contributed by atoms with Gasteiger partial charge in [-0.25, -0.2) is 8.78 Å². The molecule has 0 aromatic heterocycles. The molecule has 76 valence electrons. The number of hydrogen-bond acceptors (Lipinski definition) is 2. The number of halogens is 2. The lowest BCUT2D eigenvalue weighted by atomic mass is 10.1. The van der Waals surface area contributed by atoms with E-state index in [0.29, 0.717) is 19.4 Å². The quantitative estimate of drug-likeness (QED) is 0.704. The third-order valence-electron chi connectivity index (χ3n) is 2.19. The monoisotopic (exact) mass is 192 g/mol. The van der Waals surface area contributed by atoms with E-state index in [0.717, 1.165) is 0 Å². The van der Waals surface area contributed by atoms with Crippen LogP contribution >= 0.6 is 0 Å². The number of carbonyl (C=O) groups is 1. The van der Waals surface area contributed by atoms with Crippen LogP contribution in [0.3, 0.4) is 0 Å². The highest BCUT2D eigenvalue weighted by Crippen LogP contribution is 2.09. The van der Waals surface area contributed by atoms with Gasteiger partial charge in [0.2, 0.25) is 5.91 Å². The number of hydrogen-bond donors (Lipinski definition) is 1. The van der Waals surface area contributed by atoms with Crippen LogP contribution in [0.2, 0.25) is 0 Å². The smallest absolute Gasteiger partial charge is 0.250 e. The number of piperidine rings is 1. The van der Waals surface area contributed by atoms with Crippen LogP contribution in [0.5, 0.6) is 0 Å². The molecule has 3 nitrogen and oxygen atoms in total. The Balaban J connectivity index is 2.25. The highest BCUT2D eigenvalue weighted by Gasteiger charge is 2.22. The summed E-state index contributed by atoms with van der Waals surface area (Å²) in [5.41, 5.74) is 0. The van der Waals surface area contributed by atoms with E-state index in [1.807, 2.05) is 0 Å². The molecule has 1 aliphatic rings. The average molecular weight is 192 g/mol. The first-order valence-corrected chi connectivity index (χ1v) is 4.35. The summed E-state index contributed by atoms with van der Waals surface area (Å²) >= 11 is 0. The summed E-state index contributed by atoms with van der Waals surface area (Å²) in [5, 5.41) is 2.73. The topological polar surface area (TPSA) is 32.3 Å². The van der Waals surface area contributed by atoms with Crippen molar-refractivity contribution in [2.75, 3.05) is 20.1 Å². The standard InChI is InChI=1S/C8H14F2N2O/c1-12-5-6(2-3-8(12)13)11-4-7(9)10/h6-7,11H,2-5H2,1H3. The van der Waals surface area contributed by atoms with E-state index in [2.05, 4.69) is 5.32 Å². The Morgan fingerprint density at radius 1 is 1.69 bits per heavy atom. The molecule has 0 aromatic rings. The number of alkyl halides is 2. The fraction of sp³-hybridized carbons (Fsp3) is 0.875. The summed E-state index contributed by atoms with van der Waals surface area (Å²) in [6.07, 6.45) is -1.20. The van der Waals surface area contributed by atoms with E-state index in [-0.39, 0.29) is 18.5 Å². The maximum atomic E-state index is 11.8. The van der Waals surface area contributed by atoms with Gasteiger partial charge < -0.3 is 10.2 Å². The van der Waals surface area contributed by atoms with Crippen molar-refractivity contribution in [2.24, 2.45) is 0 Å². The van der Waals surface area contributed by atoms with Crippen molar-refractivity contribution in [1.29, 1.82) is 0 Å². The molecule has 1 rings (SSSR count). The van der Waals surface area contributed by atoms with Crippen LogP contribution in [0.15, 0.2) is 0 Å². The van der Waals surface area contributed by atoms with Gasteiger partial charge in [0.1, 0.15) is 0 Å². The van der Waals surface area contributed by atoms with Crippen molar-refractivity contribution >= 4 is 5.91 Å². The molecule has 0 aromatic carbocycles. The van der Waals surface area contributed by atoms with Crippen LogP contribution in [-0.4, -0.2) is 43.4 Å². The van der Waals surface area contributed by atoms with Gasteiger partial charge in [-0.05, 0) is 6.42 Å². The molecule has 1 unspecified atom stereocenters. The Morgan fingerprint density at radius 2 is 2.38 bits per heavy atom. The van der Waals surface area contributed by atoms with Gasteiger partial charge in [-0.3, -0.25) is 4.79 Å². The molecule has 13 heavy (non-hydrogen) atoms. The zero-order valence-corrected chi connectivity index (χ0v) is 7.59. The van der Waals surface area contributed by atoms with Crippen LogP contribution in [0.4, 0.5) is 8.78 Å². The minimum absolute atomic E-state index is 0.0247. The number of nitrogens with zero attached hydrogens (tertiary/aromatic N) is 1. The van der Waals surface area contributed by atoms with Crippen LogP contribution < -0.4 is 5.32 Å². The zero-order valence-electron chi connectivity index (χ0n) is 7.59. The van der Waals surface area contributed by atoms with E-state index >= 15 is 0 Å². The minimum Gasteiger partial charge on any atom is -0.344 e. The summed E-state index contributed by atoms with van der Waals surface area (Å²) in [7, 11) is 1.69. The third-order valence-corrected chi connectivity index (χ3v) is 2.19. The van der Waals surface area contributed by atoms with Crippen molar-refractivity contribution in [3.05, 3.63) is 0 Å². The maximum absolute atomic E-state index is 11.8. The summed E-state index contributed by atoms with van der Waals surface area (Å²) in [6, 6.07) is 0.0247. The number of rotatable bonds is 3. The summed E-state index contributed by atoms with van der Waals surface area (Å²) in [5.74, 6) is 0.0927. The molecule has 1 heterocycles. The first-order valence-electron chi connectivity index (χ1n) is 4.35. The van der Waals surface area contributed by atoms with Gasteiger partial charge in [0, 0.05) is 26.1 Å². The number of nitrogens with one attached hydrogen (secondary N) is 1. The molecular weight excluding hydrogens is 178 g/mol. The Hall–Kier alpha value is -0.710. The van der Waals surface area contributed by atoms with Crippen molar-refractivity contribution in [3.8, 4) is 0 Å². The second kappa shape index (κ2) is 4.50. The molecular formula is C8H14F2N2O. The first-order chi connectivity index (χ1) is 6.09. The molecule has 5 heteroatoms. The number of likely N-dealkylation sites (tertiary alicyclic amines) is 1. The Kier molecular flexibility index (Phi) is 3.59. The molecule has 0 bridgehead atoms. The predicted octanol–water partition coefficient (Wildman–Crippen LogP) is 0.462. The molecule has 0 radical (unpaired) electrons. The van der Waals surface area contributed by atoms with Gasteiger partial charge in [0.25, 0.3) is 6.43 Å². The third kappa shape index (κ3) is 3.26. The molecule has 1 aliphatic heterocycles. The van der Waals surface area contributed by atoms with Crippen LogP contribution in [0, 0.1) is 0 Å². The van der Waals surface area contributed by atoms with Crippen molar-refractivity contribution < 1.29 is 13.6 Å². The number of amides is 1. The van der Waals surface area contributed by atoms with Crippen molar-refractivity contribution in [3.63, 3.8) is 0 Å². The predicted molar refractivity (Wildman–Crippen MR) is 44.7 cm³/mol. The Bertz CT molecular complexity index is 187. The van der Waals surface area contributed by atoms with Gasteiger partial charge >= 0.3 is 0 Å². The number of carbonyl (C=O) groups excluding carboxylic acids is 1. The largest absolute Gasteiger partial charge is 0.344 e. The van der Waals surface area contributed by atoms with E-state index in [1.165, 1.54) is 0 Å².